The van der Waals surface area contributed by atoms with Crippen molar-refractivity contribution >= 4 is 67.0 Å². The molecule has 0 bridgehead atoms. The van der Waals surface area contributed by atoms with E-state index in [0.717, 1.165) is 11.4 Å². The second-order valence-corrected chi connectivity index (χ2v) is 15.6. The summed E-state index contributed by atoms with van der Waals surface area (Å²) in [6, 6.07) is 14.7. The SMILES string of the molecule is NCCCC[C@H](NC(=O)[C@@H](Cc1cc(Br)c(O)c(Br)c1)NC(=O)N1CCC2(CC1)C(=O)NCN2c1ccccc1)C(=O)N1CCN(c2ccncc2)CC1. The minimum atomic E-state index is -1.05. The molecule has 6 rings (SSSR count). The highest BCUT2D eigenvalue weighted by atomic mass is 79.9. The van der Waals surface area contributed by atoms with Crippen molar-refractivity contribution in [1.29, 1.82) is 0 Å². The summed E-state index contributed by atoms with van der Waals surface area (Å²) in [5.41, 5.74) is 7.66. The van der Waals surface area contributed by atoms with Gasteiger partial charge < -0.3 is 46.4 Å². The van der Waals surface area contributed by atoms with Crippen molar-refractivity contribution < 1.29 is 24.3 Å². The van der Waals surface area contributed by atoms with Gasteiger partial charge in [0.2, 0.25) is 17.7 Å². The van der Waals surface area contributed by atoms with E-state index in [1.165, 1.54) is 0 Å². The van der Waals surface area contributed by atoms with Gasteiger partial charge in [-0.25, -0.2) is 4.79 Å². The number of phenolic OH excluding ortho intramolecular Hbond substituents is 1. The van der Waals surface area contributed by atoms with Crippen LogP contribution in [-0.4, -0.2) is 114 Å². The number of urea groups is 1. The van der Waals surface area contributed by atoms with Gasteiger partial charge in [0, 0.05) is 69.5 Å². The van der Waals surface area contributed by atoms with E-state index in [2.05, 4.69) is 62.6 Å². The van der Waals surface area contributed by atoms with Gasteiger partial charge in [-0.15, -0.1) is 0 Å². The van der Waals surface area contributed by atoms with Crippen LogP contribution < -0.4 is 31.5 Å². The summed E-state index contributed by atoms with van der Waals surface area (Å²) < 4.78 is 0.856. The lowest BCUT2D eigenvalue weighted by Crippen LogP contribution is -2.61. The Morgan fingerprint density at radius 2 is 1.54 bits per heavy atom. The number of piperidine rings is 1. The molecule has 0 radical (unpaired) electrons. The largest absolute Gasteiger partial charge is 0.506 e. The van der Waals surface area contributed by atoms with Gasteiger partial charge in [-0.05, 0) is 112 Å². The number of hydrogen-bond donors (Lipinski definition) is 5. The van der Waals surface area contributed by atoms with E-state index in [-0.39, 0.29) is 24.0 Å². The van der Waals surface area contributed by atoms with Crippen molar-refractivity contribution in [3.63, 3.8) is 0 Å². The Balaban J connectivity index is 1.16. The Labute approximate surface area is 332 Å². The first-order valence-electron chi connectivity index (χ1n) is 18.4. The molecule has 5 amide bonds. The molecule has 3 aliphatic rings. The predicted octanol–water partition coefficient (Wildman–Crippen LogP) is 3.32. The number of rotatable bonds is 12. The molecule has 0 saturated carbocycles. The molecule has 3 saturated heterocycles. The van der Waals surface area contributed by atoms with E-state index < -0.39 is 29.6 Å². The van der Waals surface area contributed by atoms with Crippen molar-refractivity contribution in [2.45, 2.75) is 56.1 Å². The monoisotopic (exact) mass is 867 g/mol. The van der Waals surface area contributed by atoms with Crippen molar-refractivity contribution in [3.05, 3.63) is 81.5 Å². The number of carbonyl (C=O) groups excluding carboxylic acids is 4. The van der Waals surface area contributed by atoms with Gasteiger partial charge in [-0.2, -0.15) is 0 Å². The number of halogens is 2. The third-order valence-electron chi connectivity index (χ3n) is 10.6. The fourth-order valence-electron chi connectivity index (χ4n) is 7.52. The number of carbonyl (C=O) groups is 4. The van der Waals surface area contributed by atoms with Crippen molar-refractivity contribution in [3.8, 4) is 5.75 Å². The molecule has 16 heteroatoms. The molecule has 1 spiro atoms. The van der Waals surface area contributed by atoms with Gasteiger partial charge in [0.15, 0.2) is 0 Å². The van der Waals surface area contributed by atoms with E-state index in [0.29, 0.717) is 99.1 Å². The summed E-state index contributed by atoms with van der Waals surface area (Å²) in [6.07, 6.45) is 6.15. The van der Waals surface area contributed by atoms with Crippen LogP contribution in [0.15, 0.2) is 75.9 Å². The third-order valence-corrected chi connectivity index (χ3v) is 11.8. The number of nitrogens with zero attached hydrogens (tertiary/aromatic N) is 5. The number of benzene rings is 2. The topological polar surface area (TPSA) is 176 Å². The molecule has 6 N–H and O–H groups in total. The van der Waals surface area contributed by atoms with E-state index in [9.17, 15) is 24.3 Å². The zero-order valence-electron chi connectivity index (χ0n) is 30.1. The van der Waals surface area contributed by atoms with E-state index >= 15 is 0 Å². The number of hydrogen-bond acceptors (Lipinski definition) is 9. The Bertz CT molecular complexity index is 1770. The second-order valence-electron chi connectivity index (χ2n) is 13.9. The first kappa shape index (κ1) is 39.3. The predicted molar refractivity (Wildman–Crippen MR) is 213 cm³/mol. The van der Waals surface area contributed by atoms with Crippen molar-refractivity contribution in [1.82, 2.24) is 30.7 Å². The van der Waals surface area contributed by atoms with Crippen LogP contribution in [-0.2, 0) is 20.8 Å². The van der Waals surface area contributed by atoms with Crippen LogP contribution in [0.25, 0.3) is 0 Å². The van der Waals surface area contributed by atoms with Gasteiger partial charge in [0.05, 0.1) is 15.6 Å². The Kier molecular flexibility index (Phi) is 13.0. The number of nitrogens with one attached hydrogen (secondary N) is 3. The number of piperazine rings is 1. The molecule has 3 aromatic rings. The quantitative estimate of drug-likeness (QED) is 0.171. The summed E-state index contributed by atoms with van der Waals surface area (Å²) in [4.78, 5) is 67.2. The average molecular weight is 870 g/mol. The van der Waals surface area contributed by atoms with Crippen LogP contribution in [0.4, 0.5) is 16.2 Å². The standard InChI is InChI=1S/C38H47Br2N9O5/c39-29-22-26(23-30(40)33(29)50)24-32(45-37(54)48-16-11-38(12-17-48)36(53)43-25-49(38)28-6-2-1-3-7-28)34(51)44-31(8-4-5-13-41)35(52)47-20-18-46(19-21-47)27-9-14-42-15-10-27/h1-3,6-7,9-10,14-15,22-23,31-32,50H,4-5,8,11-13,16-21,24-25,41H2,(H,43,53)(H,44,51)(H,45,54)/t31-,32+/m0/s1. The highest BCUT2D eigenvalue weighted by Gasteiger charge is 2.51. The Morgan fingerprint density at radius 3 is 2.19 bits per heavy atom. The lowest BCUT2D eigenvalue weighted by atomic mass is 9.85. The van der Waals surface area contributed by atoms with Crippen LogP contribution in [0, 0.1) is 0 Å². The number of unbranched alkanes of at least 4 members (excludes halogenated alkanes) is 1. The van der Waals surface area contributed by atoms with Crippen molar-refractivity contribution in [2.24, 2.45) is 5.73 Å². The maximum atomic E-state index is 14.2. The summed E-state index contributed by atoms with van der Waals surface area (Å²) in [7, 11) is 0. The third kappa shape index (κ3) is 8.92. The highest BCUT2D eigenvalue weighted by molar-refractivity contribution is 9.11. The maximum absolute atomic E-state index is 14.2. The second kappa shape index (κ2) is 17.8. The lowest BCUT2D eigenvalue weighted by Gasteiger charge is -2.43. The van der Waals surface area contributed by atoms with Crippen LogP contribution in [0.3, 0.4) is 0 Å². The molecule has 4 heterocycles. The number of aromatic hydroxyl groups is 1. The number of aromatic nitrogens is 1. The minimum Gasteiger partial charge on any atom is -0.506 e. The normalized spacial score (nSPS) is 17.9. The highest BCUT2D eigenvalue weighted by Crippen LogP contribution is 2.37. The number of para-hydroxylation sites is 1. The van der Waals surface area contributed by atoms with E-state index in [1.807, 2.05) is 42.5 Å². The molecule has 14 nitrogen and oxygen atoms in total. The molecule has 0 unspecified atom stereocenters. The number of anilines is 2. The fraction of sp³-hybridized carbons (Fsp3) is 0.447. The zero-order chi connectivity index (χ0) is 38.2. The van der Waals surface area contributed by atoms with Gasteiger partial charge in [-0.3, -0.25) is 19.4 Å². The van der Waals surface area contributed by atoms with Crippen LogP contribution in [0.5, 0.6) is 5.75 Å². The number of likely N-dealkylation sites (tertiary alicyclic amines) is 1. The van der Waals surface area contributed by atoms with Gasteiger partial charge >= 0.3 is 6.03 Å². The van der Waals surface area contributed by atoms with E-state index in [1.54, 1.807) is 34.3 Å². The fourth-order valence-corrected chi connectivity index (χ4v) is 8.80. The van der Waals surface area contributed by atoms with Gasteiger partial charge in [-0.1, -0.05) is 18.2 Å². The molecule has 54 heavy (non-hydrogen) atoms. The average Bonchev–Trinajstić information content (AvgIpc) is 3.50. The van der Waals surface area contributed by atoms with Gasteiger partial charge in [0.1, 0.15) is 23.4 Å². The summed E-state index contributed by atoms with van der Waals surface area (Å²) >= 11 is 6.74. The first-order valence-corrected chi connectivity index (χ1v) is 20.0. The summed E-state index contributed by atoms with van der Waals surface area (Å²) in [6.45, 7) is 3.74. The molecular formula is C38H47Br2N9O5. The zero-order valence-corrected chi connectivity index (χ0v) is 33.2. The van der Waals surface area contributed by atoms with Crippen LogP contribution in [0.2, 0.25) is 0 Å². The Hall–Kier alpha value is -4.41. The smallest absolute Gasteiger partial charge is 0.318 e. The number of amides is 5. The molecule has 3 aliphatic heterocycles. The lowest BCUT2D eigenvalue weighted by molar-refractivity contribution is -0.137. The summed E-state index contributed by atoms with van der Waals surface area (Å²) in [5.74, 6) is -0.712. The first-order chi connectivity index (χ1) is 26.1. The molecule has 0 aliphatic carbocycles. The molecule has 1 aromatic heterocycles. The van der Waals surface area contributed by atoms with Crippen molar-refractivity contribution in [2.75, 3.05) is 62.3 Å². The summed E-state index contributed by atoms with van der Waals surface area (Å²) in [5, 5.41) is 19.3. The molecule has 3 fully saturated rings. The number of nitrogens with two attached hydrogens (primary N) is 1. The molecular weight excluding hydrogens is 822 g/mol. The molecule has 2 atom stereocenters. The molecule has 2 aromatic carbocycles. The number of phenols is 1. The minimum absolute atomic E-state index is 0.0149. The van der Waals surface area contributed by atoms with Gasteiger partial charge in [0.25, 0.3) is 0 Å². The molecule has 288 valence electrons. The maximum Gasteiger partial charge on any atom is 0.318 e. The Morgan fingerprint density at radius 1 is 0.870 bits per heavy atom. The van der Waals surface area contributed by atoms with E-state index in [4.69, 9.17) is 5.73 Å². The number of pyridine rings is 1. The van der Waals surface area contributed by atoms with Crippen LogP contribution >= 0.6 is 31.9 Å². The van der Waals surface area contributed by atoms with Crippen LogP contribution in [0.1, 0.15) is 37.7 Å².